The maximum absolute atomic E-state index is 13.6. The van der Waals surface area contributed by atoms with Gasteiger partial charge < -0.3 is 15.4 Å². The molecule has 1 aromatic rings. The zero-order chi connectivity index (χ0) is 24.7. The number of thioether (sulfide) groups is 1. The van der Waals surface area contributed by atoms with Crippen molar-refractivity contribution in [2.45, 2.75) is 64.2 Å². The van der Waals surface area contributed by atoms with Crippen LogP contribution in [0.15, 0.2) is 36.4 Å². The smallest absolute Gasteiger partial charge is 0.347 e. The van der Waals surface area contributed by atoms with Crippen molar-refractivity contribution in [3.05, 3.63) is 47.5 Å². The number of carbonyl (C=O) groups excluding carboxylic acids is 2. The van der Waals surface area contributed by atoms with Crippen molar-refractivity contribution >= 4 is 36.3 Å². The first-order valence-corrected chi connectivity index (χ1v) is 13.6. The minimum atomic E-state index is -1.32. The summed E-state index contributed by atoms with van der Waals surface area (Å²) >= 11 is 5.89. The van der Waals surface area contributed by atoms with Crippen LogP contribution in [0, 0.1) is 6.92 Å². The third-order valence-corrected chi connectivity index (χ3v) is 6.70. The normalized spacial score (nSPS) is 14.1. The molecule has 0 saturated carbocycles. The third kappa shape index (κ3) is 9.35. The van der Waals surface area contributed by atoms with Crippen molar-refractivity contribution in [2.75, 3.05) is 31.4 Å². The highest BCUT2D eigenvalue weighted by atomic mass is 32.2. The number of esters is 1. The number of methoxy groups -OCH3 is 1. The third-order valence-electron chi connectivity index (χ3n) is 5.62. The highest BCUT2D eigenvalue weighted by molar-refractivity contribution is 7.98. The Hall–Kier alpha value is -1.48. The molecule has 0 aliphatic carbocycles. The maximum Gasteiger partial charge on any atom is 0.347 e. The van der Waals surface area contributed by atoms with Gasteiger partial charge in [-0.3, -0.25) is 10.1 Å². The Morgan fingerprint density at radius 1 is 1.33 bits per heavy atom. The molecular formula is C25H41N3O3S2. The molecule has 1 aromatic carbocycles. The summed E-state index contributed by atoms with van der Waals surface area (Å²) in [4.78, 5) is 28.6. The van der Waals surface area contributed by atoms with Gasteiger partial charge >= 0.3 is 5.97 Å². The fourth-order valence-corrected chi connectivity index (χ4v) is 4.14. The number of amides is 1. The topological polar surface area (TPSA) is 84.7 Å². The van der Waals surface area contributed by atoms with Gasteiger partial charge in [0.15, 0.2) is 5.66 Å². The van der Waals surface area contributed by atoms with Crippen LogP contribution >= 0.6 is 24.4 Å². The molecule has 0 unspecified atom stereocenters. The summed E-state index contributed by atoms with van der Waals surface area (Å²) in [6.07, 6.45) is 9.66. The lowest BCUT2D eigenvalue weighted by atomic mass is 10.00. The summed E-state index contributed by atoms with van der Waals surface area (Å²) in [5.41, 5.74) is 6.84. The number of nitrogens with zero attached hydrogens (tertiary/aromatic N) is 1. The lowest BCUT2D eigenvalue weighted by Gasteiger charge is -2.43. The minimum Gasteiger partial charge on any atom is -0.466 e. The summed E-state index contributed by atoms with van der Waals surface area (Å²) in [7, 11) is 1.36. The zero-order valence-electron chi connectivity index (χ0n) is 20.5. The molecule has 0 radical (unpaired) electrons. The number of hydrogen-bond donors (Lipinski definition) is 3. The van der Waals surface area contributed by atoms with E-state index >= 15 is 0 Å². The van der Waals surface area contributed by atoms with E-state index in [1.54, 1.807) is 16.7 Å². The Labute approximate surface area is 209 Å². The molecule has 0 aliphatic heterocycles. The van der Waals surface area contributed by atoms with E-state index in [0.717, 1.165) is 30.4 Å². The fourth-order valence-electron chi connectivity index (χ4n) is 3.51. The quantitative estimate of drug-likeness (QED) is 0.106. The van der Waals surface area contributed by atoms with Gasteiger partial charge in [0, 0.05) is 37.7 Å². The molecule has 1 amide bonds. The lowest BCUT2D eigenvalue weighted by Crippen LogP contribution is -2.67. The van der Waals surface area contributed by atoms with Crippen molar-refractivity contribution < 1.29 is 14.3 Å². The Morgan fingerprint density at radius 3 is 2.67 bits per heavy atom. The molecule has 8 heteroatoms. The Balaban J connectivity index is 3.43. The Bertz CT molecular complexity index is 760. The second-order valence-electron chi connectivity index (χ2n) is 8.14. The van der Waals surface area contributed by atoms with Crippen LogP contribution in [0.3, 0.4) is 0 Å². The van der Waals surface area contributed by atoms with Crippen molar-refractivity contribution in [2.24, 2.45) is 5.73 Å². The first kappa shape index (κ1) is 29.6. The summed E-state index contributed by atoms with van der Waals surface area (Å²) in [5.74, 6) is 0.505. The van der Waals surface area contributed by atoms with Crippen LogP contribution in [0.5, 0.6) is 0 Å². The predicted octanol–water partition coefficient (Wildman–Crippen LogP) is 3.93. The number of ether oxygens (including phenoxy) is 1. The molecular weight excluding hydrogens is 454 g/mol. The van der Waals surface area contributed by atoms with Crippen LogP contribution in [0.1, 0.15) is 50.2 Å². The molecule has 6 nitrogen and oxygen atoms in total. The predicted molar refractivity (Wildman–Crippen MR) is 143 cm³/mol. The van der Waals surface area contributed by atoms with Gasteiger partial charge in [-0.2, -0.15) is 24.4 Å². The summed E-state index contributed by atoms with van der Waals surface area (Å²) in [5, 5.41) is 3.32. The van der Waals surface area contributed by atoms with Crippen LogP contribution < -0.4 is 11.1 Å². The first-order chi connectivity index (χ1) is 15.9. The van der Waals surface area contributed by atoms with Gasteiger partial charge in [0.25, 0.3) is 0 Å². The second-order valence-corrected chi connectivity index (χ2v) is 9.49. The van der Waals surface area contributed by atoms with E-state index in [-0.39, 0.29) is 18.4 Å². The van der Waals surface area contributed by atoms with E-state index in [4.69, 9.17) is 10.5 Å². The average molecular weight is 496 g/mol. The van der Waals surface area contributed by atoms with Gasteiger partial charge in [0.1, 0.15) is 0 Å². The summed E-state index contributed by atoms with van der Waals surface area (Å²) in [6, 6.07) is 7.64. The lowest BCUT2D eigenvalue weighted by molar-refractivity contribution is -0.166. The van der Waals surface area contributed by atoms with Gasteiger partial charge in [-0.25, -0.2) is 4.79 Å². The standard InChI is InChI=1S/C25H41N3O3S2/c1-5-6-7-8-9-14-23(29)28(18-21-13-11-10-12-20(21)2)25(15-16-33-4,24(30)31-3)27-17-22(26)19-32/h8-13,22,27,32H,5-7,14-19,26H2,1-4H3/b9-8+/t22-,25+/m1/s1. The molecule has 186 valence electrons. The molecule has 0 bridgehead atoms. The molecule has 0 fully saturated rings. The Kier molecular flexibility index (Phi) is 14.5. The largest absolute Gasteiger partial charge is 0.466 e. The van der Waals surface area contributed by atoms with Crippen LogP contribution in [0.25, 0.3) is 0 Å². The number of carbonyl (C=O) groups is 2. The van der Waals surface area contributed by atoms with Gasteiger partial charge in [0.2, 0.25) is 5.91 Å². The number of thiol groups is 1. The fraction of sp³-hybridized carbons (Fsp3) is 0.600. The van der Waals surface area contributed by atoms with Gasteiger partial charge in [-0.1, -0.05) is 56.2 Å². The van der Waals surface area contributed by atoms with E-state index in [1.807, 2.05) is 49.6 Å². The van der Waals surface area contributed by atoms with E-state index in [0.29, 0.717) is 31.0 Å². The van der Waals surface area contributed by atoms with Crippen molar-refractivity contribution in [3.63, 3.8) is 0 Å². The first-order valence-electron chi connectivity index (χ1n) is 11.5. The molecule has 2 atom stereocenters. The number of nitrogens with one attached hydrogen (secondary N) is 1. The minimum absolute atomic E-state index is 0.135. The van der Waals surface area contributed by atoms with E-state index in [2.05, 4.69) is 24.9 Å². The highest BCUT2D eigenvalue weighted by Crippen LogP contribution is 2.26. The maximum atomic E-state index is 13.6. The molecule has 3 N–H and O–H groups in total. The number of aryl methyl sites for hydroxylation is 1. The summed E-state index contributed by atoms with van der Waals surface area (Å²) in [6.45, 7) is 4.77. The summed E-state index contributed by atoms with van der Waals surface area (Å²) < 4.78 is 5.25. The molecule has 0 aromatic heterocycles. The monoisotopic (exact) mass is 495 g/mol. The van der Waals surface area contributed by atoms with Crippen LogP contribution in [-0.2, 0) is 20.9 Å². The van der Waals surface area contributed by atoms with Gasteiger partial charge in [0.05, 0.1) is 7.11 Å². The average Bonchev–Trinajstić information content (AvgIpc) is 2.83. The van der Waals surface area contributed by atoms with Crippen LogP contribution in [0.2, 0.25) is 0 Å². The SMILES string of the molecule is CCCC/C=C/CC(=O)N(Cc1ccccc1C)[C@](CCSC)(NC[C@@H](N)CS)C(=O)OC. The number of allylic oxidation sites excluding steroid dienone is 1. The molecule has 0 aliphatic rings. The number of unbranched alkanes of at least 4 members (excludes halogenated alkanes) is 2. The second kappa shape index (κ2) is 16.2. The molecule has 1 rings (SSSR count). The molecule has 33 heavy (non-hydrogen) atoms. The van der Waals surface area contributed by atoms with Crippen LogP contribution in [0.4, 0.5) is 0 Å². The van der Waals surface area contributed by atoms with Gasteiger partial charge in [-0.15, -0.1) is 0 Å². The Morgan fingerprint density at radius 2 is 2.06 bits per heavy atom. The van der Waals surface area contributed by atoms with E-state index in [9.17, 15) is 9.59 Å². The van der Waals surface area contributed by atoms with Crippen molar-refractivity contribution in [1.82, 2.24) is 10.2 Å². The number of nitrogens with two attached hydrogens (primary N) is 1. The molecule has 0 spiro atoms. The number of rotatable bonds is 16. The van der Waals surface area contributed by atoms with Crippen molar-refractivity contribution in [1.29, 1.82) is 0 Å². The van der Waals surface area contributed by atoms with E-state index in [1.165, 1.54) is 7.11 Å². The van der Waals surface area contributed by atoms with E-state index < -0.39 is 11.6 Å². The molecule has 0 heterocycles. The van der Waals surface area contributed by atoms with Gasteiger partial charge in [-0.05, 0) is 36.5 Å². The zero-order valence-corrected chi connectivity index (χ0v) is 22.2. The highest BCUT2D eigenvalue weighted by Gasteiger charge is 2.47. The van der Waals surface area contributed by atoms with Crippen LogP contribution in [-0.4, -0.2) is 59.9 Å². The van der Waals surface area contributed by atoms with Crippen molar-refractivity contribution in [3.8, 4) is 0 Å². The molecule has 0 saturated heterocycles. The number of benzene rings is 1. The number of hydrogen-bond acceptors (Lipinski definition) is 7.